The average molecular weight is 879 g/mol. The van der Waals surface area contributed by atoms with Crippen molar-refractivity contribution in [2.24, 2.45) is 5.92 Å². The van der Waals surface area contributed by atoms with Crippen LogP contribution in [0.25, 0.3) is 0 Å². The number of phosphoric acid groups is 2. The van der Waals surface area contributed by atoms with E-state index >= 15 is 0 Å². The minimum absolute atomic E-state index is 0.0816. The van der Waals surface area contributed by atoms with Crippen LogP contribution in [0.2, 0.25) is 0 Å². The Morgan fingerprint density at radius 1 is 0.593 bits per heavy atom. The highest BCUT2D eigenvalue weighted by Crippen LogP contribution is 2.43. The monoisotopic (exact) mass is 878 g/mol. The van der Waals surface area contributed by atoms with Crippen LogP contribution in [-0.2, 0) is 46.6 Å². The molecule has 14 nitrogen and oxygen atoms in total. The molecule has 0 saturated heterocycles. The summed E-state index contributed by atoms with van der Waals surface area (Å²) in [4.78, 5) is 64.8. The quantitative estimate of drug-likeness (QED) is 0.0113. The van der Waals surface area contributed by atoms with Crippen molar-refractivity contribution >= 4 is 33.4 Å². The number of ether oxygens (including phenoxy) is 2. The van der Waals surface area contributed by atoms with E-state index in [0.717, 1.165) is 50.9 Å². The van der Waals surface area contributed by atoms with Gasteiger partial charge in [0.05, 0.1) is 19.8 Å². The molecule has 0 spiro atoms. The maximum atomic E-state index is 12.6. The van der Waals surface area contributed by atoms with E-state index in [-0.39, 0.29) is 31.5 Å². The Kier molecular flexibility index (Phi) is 36.1. The molecule has 0 saturated carbocycles. The molecule has 0 aromatic heterocycles. The number of allylic oxidation sites excluding steroid dienone is 8. The van der Waals surface area contributed by atoms with Gasteiger partial charge in [0.25, 0.3) is 0 Å². The van der Waals surface area contributed by atoms with E-state index in [1.165, 1.54) is 70.3 Å². The van der Waals surface area contributed by atoms with Gasteiger partial charge in [0, 0.05) is 19.3 Å². The first-order valence-electron chi connectivity index (χ1n) is 21.6. The first-order valence-corrected chi connectivity index (χ1v) is 24.7. The van der Waals surface area contributed by atoms with E-state index in [2.05, 4.69) is 54.1 Å². The average Bonchev–Trinajstić information content (AvgIpc) is 3.17. The number of rotatable bonds is 40. The topological polar surface area (TPSA) is 212 Å². The number of unbranched alkanes of at least 4 members (excludes halogenated alkanes) is 13. The standard InChI is InChI=1S/C43H76O14P2/c1-4-5-6-7-8-9-10-11-14-17-20-23-26-30-39(44)31-28-33-42(46)53-36-41(37-56-59(51,52)55-35-40(45)34-54-58(48,49)50)57-43(47)32-27-24-21-18-15-12-13-16-19-22-25-29-38(2)3/h8-9,11,14,20,23,26,30,38,40-41,45H,4-7,10,12-13,15-19,21-22,24-25,27-29,31-37H2,1-3H3,(H,51,52)(H2,48,49,50)/b9-8-,14-11-,23-20-,30-26+/t40-,41+/m0/s1. The summed E-state index contributed by atoms with van der Waals surface area (Å²) in [5, 5.41) is 9.73. The van der Waals surface area contributed by atoms with Gasteiger partial charge in [-0.1, -0.05) is 147 Å². The summed E-state index contributed by atoms with van der Waals surface area (Å²) in [6, 6.07) is 0. The van der Waals surface area contributed by atoms with Crippen molar-refractivity contribution in [3.8, 4) is 0 Å². The van der Waals surface area contributed by atoms with Crippen LogP contribution in [0.15, 0.2) is 48.6 Å². The highest BCUT2D eigenvalue weighted by atomic mass is 31.2. The molecule has 0 amide bonds. The summed E-state index contributed by atoms with van der Waals surface area (Å²) < 4.78 is 47.5. The summed E-state index contributed by atoms with van der Waals surface area (Å²) in [5.74, 6) is -0.678. The molecular weight excluding hydrogens is 802 g/mol. The van der Waals surface area contributed by atoms with Gasteiger partial charge in [0.2, 0.25) is 0 Å². The maximum absolute atomic E-state index is 12.6. The Morgan fingerprint density at radius 3 is 1.78 bits per heavy atom. The van der Waals surface area contributed by atoms with Crippen LogP contribution in [0.3, 0.4) is 0 Å². The zero-order valence-electron chi connectivity index (χ0n) is 36.0. The molecule has 3 atom stereocenters. The predicted molar refractivity (Wildman–Crippen MR) is 230 cm³/mol. The van der Waals surface area contributed by atoms with Gasteiger partial charge in [0.1, 0.15) is 12.7 Å². The Morgan fingerprint density at radius 2 is 1.15 bits per heavy atom. The molecule has 0 bridgehead atoms. The zero-order valence-corrected chi connectivity index (χ0v) is 37.8. The molecule has 0 fully saturated rings. The lowest BCUT2D eigenvalue weighted by Crippen LogP contribution is -2.30. The van der Waals surface area contributed by atoms with Crippen LogP contribution >= 0.6 is 15.6 Å². The lowest BCUT2D eigenvalue weighted by molar-refractivity contribution is -0.161. The van der Waals surface area contributed by atoms with Gasteiger partial charge in [-0.05, 0) is 50.5 Å². The predicted octanol–water partition coefficient (Wildman–Crippen LogP) is 10.1. The minimum atomic E-state index is -4.89. The minimum Gasteiger partial charge on any atom is -0.462 e. The van der Waals surface area contributed by atoms with Gasteiger partial charge in [-0.3, -0.25) is 28.0 Å². The van der Waals surface area contributed by atoms with Gasteiger partial charge in [-0.15, -0.1) is 0 Å². The summed E-state index contributed by atoms with van der Waals surface area (Å²) in [5.41, 5.74) is 0. The lowest BCUT2D eigenvalue weighted by Gasteiger charge is -2.20. The number of carbonyl (C=O) groups is 3. The van der Waals surface area contributed by atoms with Crippen LogP contribution < -0.4 is 0 Å². The van der Waals surface area contributed by atoms with Gasteiger partial charge < -0.3 is 29.3 Å². The highest BCUT2D eigenvalue weighted by molar-refractivity contribution is 7.47. The molecule has 0 aromatic rings. The summed E-state index contributed by atoms with van der Waals surface area (Å²) in [6.07, 6.45) is 32.7. The third-order valence-corrected chi connectivity index (χ3v) is 10.3. The normalized spacial score (nSPS) is 14.5. The molecule has 59 heavy (non-hydrogen) atoms. The van der Waals surface area contributed by atoms with Gasteiger partial charge >= 0.3 is 27.6 Å². The van der Waals surface area contributed by atoms with Crippen molar-refractivity contribution in [2.45, 2.75) is 174 Å². The van der Waals surface area contributed by atoms with Crippen molar-refractivity contribution in [1.29, 1.82) is 0 Å². The summed E-state index contributed by atoms with van der Waals surface area (Å²) in [7, 11) is -9.75. The van der Waals surface area contributed by atoms with Crippen LogP contribution in [0.1, 0.15) is 162 Å². The molecule has 1 unspecified atom stereocenters. The largest absolute Gasteiger partial charge is 0.472 e. The molecule has 342 valence electrons. The molecule has 16 heteroatoms. The van der Waals surface area contributed by atoms with E-state index in [1.807, 2.05) is 6.08 Å². The third kappa shape index (κ3) is 42.2. The summed E-state index contributed by atoms with van der Waals surface area (Å²) in [6.45, 7) is 3.75. The number of aliphatic hydroxyl groups is 1. The zero-order chi connectivity index (χ0) is 44.0. The van der Waals surface area contributed by atoms with Gasteiger partial charge in [-0.25, -0.2) is 9.13 Å². The molecule has 0 aliphatic rings. The van der Waals surface area contributed by atoms with E-state index in [4.69, 9.17) is 23.8 Å². The van der Waals surface area contributed by atoms with Crippen LogP contribution in [0.5, 0.6) is 0 Å². The van der Waals surface area contributed by atoms with E-state index in [9.17, 15) is 33.5 Å². The summed E-state index contributed by atoms with van der Waals surface area (Å²) >= 11 is 0. The van der Waals surface area contributed by atoms with E-state index in [0.29, 0.717) is 6.42 Å². The lowest BCUT2D eigenvalue weighted by atomic mass is 10.0. The SMILES string of the molecule is CCCCC/C=C\C/C=C\C/C=C\C=C\C(=O)CCCC(=O)OC[C@H](COP(=O)(O)OC[C@@H](O)COP(=O)(O)O)OC(=O)CCCCCCCCCCCCCC(C)C. The number of aliphatic hydroxyl groups excluding tert-OH is 1. The van der Waals surface area contributed by atoms with Crippen LogP contribution in [0.4, 0.5) is 0 Å². The maximum Gasteiger partial charge on any atom is 0.472 e. The molecule has 0 aromatic carbocycles. The van der Waals surface area contributed by atoms with Gasteiger partial charge in [0.15, 0.2) is 11.9 Å². The Hall–Kier alpha value is -2.25. The Labute approximate surface area is 354 Å². The second-order valence-corrected chi connectivity index (χ2v) is 17.8. The number of esters is 2. The molecule has 0 rings (SSSR count). The van der Waals surface area contributed by atoms with Gasteiger partial charge in [-0.2, -0.15) is 0 Å². The first-order chi connectivity index (χ1) is 28.1. The van der Waals surface area contributed by atoms with Crippen molar-refractivity contribution in [3.05, 3.63) is 48.6 Å². The van der Waals surface area contributed by atoms with Crippen molar-refractivity contribution < 1.29 is 66.3 Å². The molecule has 0 radical (unpaired) electrons. The van der Waals surface area contributed by atoms with E-state index < -0.39 is 66.2 Å². The van der Waals surface area contributed by atoms with Crippen molar-refractivity contribution in [2.75, 3.05) is 26.4 Å². The molecule has 4 N–H and O–H groups in total. The number of carbonyl (C=O) groups excluding carboxylic acids is 3. The molecule has 0 aliphatic carbocycles. The second kappa shape index (κ2) is 37.5. The fourth-order valence-electron chi connectivity index (χ4n) is 5.54. The Balaban J connectivity index is 4.71. The molecular formula is C43H76O14P2. The van der Waals surface area contributed by atoms with Crippen molar-refractivity contribution in [3.63, 3.8) is 0 Å². The third-order valence-electron chi connectivity index (χ3n) is 8.86. The van der Waals surface area contributed by atoms with E-state index in [1.54, 1.807) is 12.2 Å². The second-order valence-electron chi connectivity index (χ2n) is 15.1. The van der Waals surface area contributed by atoms with Crippen molar-refractivity contribution in [1.82, 2.24) is 0 Å². The fraction of sp³-hybridized carbons (Fsp3) is 0.744. The Bertz CT molecular complexity index is 1310. The highest BCUT2D eigenvalue weighted by Gasteiger charge is 2.28. The van der Waals surface area contributed by atoms with Crippen LogP contribution in [0, 0.1) is 5.92 Å². The number of hydrogen-bond acceptors (Lipinski definition) is 11. The molecule has 0 aliphatic heterocycles. The number of ketones is 1. The number of hydrogen-bond donors (Lipinski definition) is 4. The smallest absolute Gasteiger partial charge is 0.462 e. The first kappa shape index (κ1) is 56.8. The fourth-order valence-corrected chi connectivity index (χ4v) is 6.70. The number of phosphoric ester groups is 2. The van der Waals surface area contributed by atoms with Crippen LogP contribution in [-0.4, -0.2) is 76.1 Å². The molecule has 0 heterocycles.